The zero-order valence-corrected chi connectivity index (χ0v) is 13.2. The molecule has 1 unspecified atom stereocenters. The van der Waals surface area contributed by atoms with Crippen molar-refractivity contribution in [2.75, 3.05) is 0 Å². The molecule has 0 aromatic heterocycles. The van der Waals surface area contributed by atoms with Crippen molar-refractivity contribution in [2.45, 2.75) is 37.2 Å². The molecule has 0 heterocycles. The van der Waals surface area contributed by atoms with Crippen LogP contribution < -0.4 is 0 Å². The number of halogens is 2. The Hall–Kier alpha value is 1.15. The first-order chi connectivity index (χ1) is 5.71. The second-order valence-electron chi connectivity index (χ2n) is 3.84. The van der Waals surface area contributed by atoms with Gasteiger partial charge in [0.05, 0.1) is 0 Å². The monoisotopic (exact) mass is 274 g/mol. The van der Waals surface area contributed by atoms with E-state index < -0.39 is 21.3 Å². The molecule has 0 amide bonds. The van der Waals surface area contributed by atoms with E-state index in [1.807, 2.05) is 13.1 Å². The van der Waals surface area contributed by atoms with Gasteiger partial charge in [-0.2, -0.15) is 0 Å². The van der Waals surface area contributed by atoms with Crippen molar-refractivity contribution in [1.29, 1.82) is 0 Å². The van der Waals surface area contributed by atoms with Crippen LogP contribution in [0.3, 0.4) is 0 Å². The van der Waals surface area contributed by atoms with E-state index >= 15 is 0 Å². The Morgan fingerprint density at radius 3 is 1.85 bits per heavy atom. The van der Waals surface area contributed by atoms with Crippen LogP contribution in [0.5, 0.6) is 0 Å². The number of rotatable bonds is 5. The Morgan fingerprint density at radius 1 is 1.15 bits per heavy atom. The highest BCUT2D eigenvalue weighted by Crippen LogP contribution is 2.24. The molecule has 0 aliphatic carbocycles. The quantitative estimate of drug-likeness (QED) is 0.567. The molecule has 0 saturated carbocycles. The molecule has 0 N–H and O–H groups in total. The van der Waals surface area contributed by atoms with E-state index in [0.717, 1.165) is 0 Å². The molecule has 0 rings (SSSR count). The molecule has 0 aliphatic heterocycles. The fourth-order valence-corrected chi connectivity index (χ4v) is 10.3. The summed E-state index contributed by atoms with van der Waals surface area (Å²) in [6.07, 6.45) is 0. The molecule has 0 fully saturated rings. The maximum Gasteiger partial charge on any atom is 0.348 e. The highest BCUT2D eigenvalue weighted by Gasteiger charge is 2.42. The zero-order chi connectivity index (χ0) is 10.7. The van der Waals surface area contributed by atoms with E-state index in [1.165, 1.54) is 0 Å². The van der Waals surface area contributed by atoms with Crippen LogP contribution in [0.15, 0.2) is 0 Å². The summed E-state index contributed by atoms with van der Waals surface area (Å²) in [6.45, 7) is 10.2. The van der Waals surface area contributed by atoms with Gasteiger partial charge in [0, 0.05) is 0 Å². The average molecular weight is 275 g/mol. The first kappa shape index (κ1) is 14.2. The van der Waals surface area contributed by atoms with Crippen molar-refractivity contribution in [3.05, 3.63) is 0 Å². The van der Waals surface area contributed by atoms with Gasteiger partial charge < -0.3 is 8.23 Å². The second kappa shape index (κ2) is 5.29. The van der Waals surface area contributed by atoms with Crippen molar-refractivity contribution >= 4 is 49.8 Å². The van der Waals surface area contributed by atoms with Crippen LogP contribution in [0.1, 0.15) is 0 Å². The van der Waals surface area contributed by atoms with Gasteiger partial charge in [0.1, 0.15) is 4.46 Å². The van der Waals surface area contributed by atoms with E-state index in [-0.39, 0.29) is 0 Å². The van der Waals surface area contributed by atoms with Crippen LogP contribution >= 0.6 is 23.2 Å². The minimum absolute atomic E-state index is 0.378. The SMILES string of the molecule is C[Si]O[Si](C)(O[Si](C)(C)C)C(Cl)Cl. The predicted octanol–water partition coefficient (Wildman–Crippen LogP) is 2.94. The highest BCUT2D eigenvalue weighted by atomic mass is 35.5. The van der Waals surface area contributed by atoms with Gasteiger partial charge in [-0.25, -0.2) is 0 Å². The van der Waals surface area contributed by atoms with Crippen LogP contribution in [0.25, 0.3) is 0 Å². The molecule has 0 aliphatic rings. The lowest BCUT2D eigenvalue weighted by Crippen LogP contribution is -2.52. The molecular formula is C6H16Cl2O2Si3. The fourth-order valence-electron chi connectivity index (χ4n) is 0.921. The summed E-state index contributed by atoms with van der Waals surface area (Å²) in [4.78, 5) is 0. The summed E-state index contributed by atoms with van der Waals surface area (Å²) in [7, 11) is -3.60. The average Bonchev–Trinajstić information content (AvgIpc) is 1.82. The minimum Gasteiger partial charge on any atom is -0.435 e. The van der Waals surface area contributed by atoms with Gasteiger partial charge in [0.15, 0.2) is 8.32 Å². The number of hydrogen-bond donors (Lipinski definition) is 0. The standard InChI is InChI=1S/C6H16Cl2O2Si3/c1-11-9-13(5,6(7)8)10-12(2,3)4/h6H,1-5H3. The lowest BCUT2D eigenvalue weighted by atomic mass is 11.8. The third kappa shape index (κ3) is 5.56. The van der Waals surface area contributed by atoms with Crippen LogP contribution in [-0.2, 0) is 8.23 Å². The van der Waals surface area contributed by atoms with Crippen LogP contribution in [-0.4, -0.2) is 31.1 Å². The molecule has 2 nitrogen and oxygen atoms in total. The third-order valence-electron chi connectivity index (χ3n) is 1.21. The van der Waals surface area contributed by atoms with E-state index in [9.17, 15) is 0 Å². The van der Waals surface area contributed by atoms with Crippen molar-refractivity contribution in [2.24, 2.45) is 0 Å². The van der Waals surface area contributed by atoms with E-state index in [4.69, 9.17) is 31.4 Å². The third-order valence-corrected chi connectivity index (χ3v) is 10.9. The summed E-state index contributed by atoms with van der Waals surface area (Å²) in [6, 6.07) is 0. The fraction of sp³-hybridized carbons (Fsp3) is 1.00. The first-order valence-corrected chi connectivity index (χ1v) is 12.1. The molecule has 0 spiro atoms. The predicted molar refractivity (Wildman–Crippen MR) is 64.2 cm³/mol. The van der Waals surface area contributed by atoms with Gasteiger partial charge in [-0.1, -0.05) is 0 Å². The van der Waals surface area contributed by atoms with Crippen LogP contribution in [0.4, 0.5) is 0 Å². The van der Waals surface area contributed by atoms with Gasteiger partial charge >= 0.3 is 8.56 Å². The maximum absolute atomic E-state index is 5.93. The van der Waals surface area contributed by atoms with Crippen molar-refractivity contribution < 1.29 is 8.23 Å². The lowest BCUT2D eigenvalue weighted by Gasteiger charge is -2.34. The summed E-state index contributed by atoms with van der Waals surface area (Å²) < 4.78 is 11.0. The molecule has 78 valence electrons. The van der Waals surface area contributed by atoms with Gasteiger partial charge in [-0.15, -0.1) is 23.2 Å². The largest absolute Gasteiger partial charge is 0.435 e. The van der Waals surface area contributed by atoms with Gasteiger partial charge in [-0.05, 0) is 32.7 Å². The van der Waals surface area contributed by atoms with E-state index in [2.05, 4.69) is 19.6 Å². The number of alkyl halides is 2. The number of hydrogen-bond acceptors (Lipinski definition) is 2. The Morgan fingerprint density at radius 2 is 1.62 bits per heavy atom. The molecule has 13 heavy (non-hydrogen) atoms. The lowest BCUT2D eigenvalue weighted by molar-refractivity contribution is 0.406. The second-order valence-corrected chi connectivity index (χ2v) is 14.5. The summed E-state index contributed by atoms with van der Waals surface area (Å²) in [5, 5.41) is 0. The first-order valence-electron chi connectivity index (χ1n) is 4.04. The molecule has 0 aromatic carbocycles. The molecule has 2 radical (unpaired) electrons. The maximum atomic E-state index is 5.93. The van der Waals surface area contributed by atoms with Crippen molar-refractivity contribution in [1.82, 2.24) is 0 Å². The molecule has 0 aromatic rings. The molecule has 0 bridgehead atoms. The summed E-state index contributed by atoms with van der Waals surface area (Å²) in [5.41, 5.74) is 0. The Balaban J connectivity index is 4.42. The minimum atomic E-state index is -2.36. The van der Waals surface area contributed by atoms with Crippen LogP contribution in [0.2, 0.25) is 32.7 Å². The van der Waals surface area contributed by atoms with Crippen molar-refractivity contribution in [3.63, 3.8) is 0 Å². The Bertz CT molecular complexity index is 162. The topological polar surface area (TPSA) is 18.5 Å². The van der Waals surface area contributed by atoms with Gasteiger partial charge in [-0.3, -0.25) is 0 Å². The molecule has 1 atom stereocenters. The molecular weight excluding hydrogens is 259 g/mol. The normalized spacial score (nSPS) is 17.5. The van der Waals surface area contributed by atoms with E-state index in [1.54, 1.807) is 0 Å². The van der Waals surface area contributed by atoms with Gasteiger partial charge in [0.25, 0.3) is 0 Å². The Labute approximate surface area is 95.2 Å². The van der Waals surface area contributed by atoms with Crippen molar-refractivity contribution in [3.8, 4) is 0 Å². The zero-order valence-electron chi connectivity index (χ0n) is 8.65. The Kier molecular flexibility index (Phi) is 5.76. The molecule has 7 heteroatoms. The highest BCUT2D eigenvalue weighted by molar-refractivity contribution is 6.92. The van der Waals surface area contributed by atoms with E-state index in [0.29, 0.717) is 9.76 Å². The molecule has 0 saturated heterocycles. The summed E-state index contributed by atoms with van der Waals surface area (Å²) in [5.74, 6) is 0. The smallest absolute Gasteiger partial charge is 0.348 e. The van der Waals surface area contributed by atoms with Crippen LogP contribution in [0, 0.1) is 0 Å². The summed E-state index contributed by atoms with van der Waals surface area (Å²) >= 11 is 11.7. The van der Waals surface area contributed by atoms with Gasteiger partial charge in [0.2, 0.25) is 9.76 Å².